The molecule has 16 heavy (non-hydrogen) atoms. The highest BCUT2D eigenvalue weighted by atomic mass is 35.5. The molecule has 1 heterocycles. The Bertz CT molecular complexity index is 367. The lowest BCUT2D eigenvalue weighted by molar-refractivity contribution is -0.146. The lowest BCUT2D eigenvalue weighted by Gasteiger charge is -2.24. The normalized spacial score (nSPS) is 24.8. The van der Waals surface area contributed by atoms with E-state index in [2.05, 4.69) is 5.16 Å². The van der Waals surface area contributed by atoms with Crippen molar-refractivity contribution in [1.29, 1.82) is 0 Å². The van der Waals surface area contributed by atoms with E-state index >= 15 is 0 Å². The van der Waals surface area contributed by atoms with Crippen LogP contribution in [0.25, 0.3) is 0 Å². The first kappa shape index (κ1) is 11.4. The van der Waals surface area contributed by atoms with Gasteiger partial charge in [0, 0.05) is 18.6 Å². The molecule has 4 heteroatoms. The van der Waals surface area contributed by atoms with Crippen LogP contribution in [0.3, 0.4) is 0 Å². The number of ether oxygens (including phenoxy) is 1. The minimum atomic E-state index is -0.319. The van der Waals surface area contributed by atoms with Gasteiger partial charge in [0.2, 0.25) is 6.29 Å². The van der Waals surface area contributed by atoms with Gasteiger partial charge in [-0.1, -0.05) is 35.5 Å². The minimum Gasteiger partial charge on any atom is -0.363 e. The van der Waals surface area contributed by atoms with Gasteiger partial charge in [-0.05, 0) is 6.92 Å². The molecule has 0 spiro atoms. The number of rotatable bonds is 3. The van der Waals surface area contributed by atoms with Crippen molar-refractivity contribution in [2.75, 3.05) is 6.61 Å². The smallest absolute Gasteiger partial charge is 0.228 e. The molecule has 2 atom stereocenters. The van der Waals surface area contributed by atoms with Crippen LogP contribution in [0.4, 0.5) is 0 Å². The summed E-state index contributed by atoms with van der Waals surface area (Å²) in [5.41, 5.74) is 1.77. The monoisotopic (exact) mass is 239 g/mol. The summed E-state index contributed by atoms with van der Waals surface area (Å²) in [6, 6.07) is 9.81. The highest BCUT2D eigenvalue weighted by molar-refractivity contribution is 6.35. The van der Waals surface area contributed by atoms with E-state index < -0.39 is 0 Å². The van der Waals surface area contributed by atoms with E-state index in [1.54, 1.807) is 0 Å². The Hall–Kier alpha value is -1.06. The highest BCUT2D eigenvalue weighted by Crippen LogP contribution is 2.21. The average molecular weight is 240 g/mol. The van der Waals surface area contributed by atoms with Gasteiger partial charge in [-0.15, -0.1) is 11.6 Å². The van der Waals surface area contributed by atoms with Crippen molar-refractivity contribution in [1.82, 2.24) is 0 Å². The maximum atomic E-state index is 6.26. The zero-order valence-electron chi connectivity index (χ0n) is 9.10. The van der Waals surface area contributed by atoms with Gasteiger partial charge in [-0.2, -0.15) is 0 Å². The van der Waals surface area contributed by atoms with Crippen molar-refractivity contribution in [3.8, 4) is 0 Å². The molecule has 1 aliphatic rings. The molecular formula is C12H14ClNO2. The fourth-order valence-corrected chi connectivity index (χ4v) is 1.93. The number of oxime groups is 1. The van der Waals surface area contributed by atoms with Crippen LogP contribution in [0.15, 0.2) is 35.5 Å². The van der Waals surface area contributed by atoms with E-state index in [0.717, 1.165) is 11.3 Å². The van der Waals surface area contributed by atoms with Gasteiger partial charge in [-0.3, -0.25) is 0 Å². The van der Waals surface area contributed by atoms with Gasteiger partial charge < -0.3 is 9.57 Å². The molecule has 1 aromatic carbocycles. The van der Waals surface area contributed by atoms with Crippen molar-refractivity contribution < 1.29 is 9.57 Å². The molecule has 0 amide bonds. The molecule has 0 radical (unpaired) electrons. The largest absolute Gasteiger partial charge is 0.363 e. The maximum absolute atomic E-state index is 6.26. The fourth-order valence-electron chi connectivity index (χ4n) is 1.62. The van der Waals surface area contributed by atoms with E-state index in [0.29, 0.717) is 13.0 Å². The van der Waals surface area contributed by atoms with Gasteiger partial charge in [0.05, 0.1) is 5.38 Å². The molecule has 0 saturated heterocycles. The second kappa shape index (κ2) is 5.32. The lowest BCUT2D eigenvalue weighted by atomic mass is 10.0. The summed E-state index contributed by atoms with van der Waals surface area (Å²) in [4.78, 5) is 5.24. The first-order chi connectivity index (χ1) is 7.81. The Kier molecular flexibility index (Phi) is 3.80. The lowest BCUT2D eigenvalue weighted by Crippen LogP contribution is -2.30. The molecule has 1 aliphatic heterocycles. The number of benzene rings is 1. The zero-order valence-corrected chi connectivity index (χ0v) is 9.85. The number of hydrogen-bond donors (Lipinski definition) is 0. The standard InChI is InChI=1S/C12H14ClNO2/c1-2-15-11-8-10(13)12(14-16-11)9-6-4-3-5-7-9/h3-7,10-11H,2,8H2,1H3/t10-,11-/m1/s1. The molecule has 0 aliphatic carbocycles. The quantitative estimate of drug-likeness (QED) is 0.760. The Labute approximate surface area is 100.0 Å². The molecule has 0 aromatic heterocycles. The predicted octanol–water partition coefficient (Wildman–Crippen LogP) is 2.78. The average Bonchev–Trinajstić information content (AvgIpc) is 2.31. The van der Waals surface area contributed by atoms with Crippen LogP contribution < -0.4 is 0 Å². The summed E-state index contributed by atoms with van der Waals surface area (Å²) in [7, 11) is 0. The Morgan fingerprint density at radius 3 is 2.81 bits per heavy atom. The van der Waals surface area contributed by atoms with E-state index in [1.165, 1.54) is 0 Å². The second-order valence-electron chi connectivity index (χ2n) is 3.54. The summed E-state index contributed by atoms with van der Waals surface area (Å²) < 4.78 is 5.32. The third-order valence-corrected chi connectivity index (χ3v) is 2.77. The number of nitrogens with zero attached hydrogens (tertiary/aromatic N) is 1. The topological polar surface area (TPSA) is 30.8 Å². The van der Waals surface area contributed by atoms with Crippen molar-refractivity contribution in [2.45, 2.75) is 25.0 Å². The molecular weight excluding hydrogens is 226 g/mol. The molecule has 0 N–H and O–H groups in total. The van der Waals surface area contributed by atoms with Gasteiger partial charge in [-0.25, -0.2) is 0 Å². The highest BCUT2D eigenvalue weighted by Gasteiger charge is 2.27. The van der Waals surface area contributed by atoms with Crippen molar-refractivity contribution in [3.05, 3.63) is 35.9 Å². The first-order valence-electron chi connectivity index (χ1n) is 5.36. The van der Waals surface area contributed by atoms with Crippen LogP contribution in [0.2, 0.25) is 0 Å². The fraction of sp³-hybridized carbons (Fsp3) is 0.417. The van der Waals surface area contributed by atoms with Crippen LogP contribution in [0.1, 0.15) is 18.9 Å². The number of halogens is 1. The summed E-state index contributed by atoms with van der Waals surface area (Å²) in [6.07, 6.45) is 0.309. The third-order valence-electron chi connectivity index (χ3n) is 2.39. The van der Waals surface area contributed by atoms with Gasteiger partial charge in [0.25, 0.3) is 0 Å². The molecule has 1 aromatic rings. The SMILES string of the molecule is CCO[C@H]1C[C@@H](Cl)C(c2ccccc2)=NO1. The first-order valence-corrected chi connectivity index (χ1v) is 5.79. The maximum Gasteiger partial charge on any atom is 0.228 e. The van der Waals surface area contributed by atoms with Crippen LogP contribution in [0, 0.1) is 0 Å². The summed E-state index contributed by atoms with van der Waals surface area (Å²) in [5.74, 6) is 0. The van der Waals surface area contributed by atoms with Crippen LogP contribution >= 0.6 is 11.6 Å². The van der Waals surface area contributed by atoms with E-state index in [4.69, 9.17) is 21.2 Å². The molecule has 0 fully saturated rings. The summed E-state index contributed by atoms with van der Waals surface area (Å²) in [5, 5.41) is 3.88. The van der Waals surface area contributed by atoms with Crippen molar-refractivity contribution >= 4 is 17.3 Å². The summed E-state index contributed by atoms with van der Waals surface area (Å²) >= 11 is 6.26. The van der Waals surface area contributed by atoms with Crippen molar-refractivity contribution in [3.63, 3.8) is 0 Å². The van der Waals surface area contributed by atoms with E-state index in [-0.39, 0.29) is 11.7 Å². The van der Waals surface area contributed by atoms with E-state index in [9.17, 15) is 0 Å². The van der Waals surface area contributed by atoms with E-state index in [1.807, 2.05) is 37.3 Å². The van der Waals surface area contributed by atoms with Crippen molar-refractivity contribution in [2.24, 2.45) is 5.16 Å². The van der Waals surface area contributed by atoms with Gasteiger partial charge in [0.1, 0.15) is 5.71 Å². The number of alkyl halides is 1. The summed E-state index contributed by atoms with van der Waals surface area (Å²) in [6.45, 7) is 2.52. The van der Waals surface area contributed by atoms with Crippen LogP contribution in [0.5, 0.6) is 0 Å². The predicted molar refractivity (Wildman–Crippen MR) is 63.7 cm³/mol. The second-order valence-corrected chi connectivity index (χ2v) is 4.06. The zero-order chi connectivity index (χ0) is 11.4. The molecule has 0 saturated carbocycles. The van der Waals surface area contributed by atoms with Crippen LogP contribution in [-0.2, 0) is 9.57 Å². The molecule has 3 nitrogen and oxygen atoms in total. The molecule has 0 bridgehead atoms. The van der Waals surface area contributed by atoms with Gasteiger partial charge in [0.15, 0.2) is 0 Å². The third kappa shape index (κ3) is 2.54. The minimum absolute atomic E-state index is 0.160. The molecule has 0 unspecified atom stereocenters. The Morgan fingerprint density at radius 1 is 1.44 bits per heavy atom. The van der Waals surface area contributed by atoms with Crippen LogP contribution in [-0.4, -0.2) is 24.0 Å². The number of hydrogen-bond acceptors (Lipinski definition) is 3. The Balaban J connectivity index is 2.12. The Morgan fingerprint density at radius 2 is 2.19 bits per heavy atom. The van der Waals surface area contributed by atoms with Gasteiger partial charge >= 0.3 is 0 Å². The molecule has 86 valence electrons. The molecule has 2 rings (SSSR count).